The summed E-state index contributed by atoms with van der Waals surface area (Å²) in [6.45, 7) is 5.64. The van der Waals surface area contributed by atoms with Crippen LogP contribution in [0.25, 0.3) is 6.08 Å². The van der Waals surface area contributed by atoms with E-state index in [1.54, 1.807) is 37.3 Å². The van der Waals surface area contributed by atoms with Crippen LogP contribution < -0.4 is 14.9 Å². The predicted octanol–water partition coefficient (Wildman–Crippen LogP) is 3.31. The van der Waals surface area contributed by atoms with E-state index < -0.39 is 17.8 Å². The third-order valence-corrected chi connectivity index (χ3v) is 6.82. The molecule has 0 saturated carbocycles. The molecule has 3 heterocycles. The van der Waals surface area contributed by atoms with Crippen LogP contribution in [0, 0.1) is 12.7 Å². The summed E-state index contributed by atoms with van der Waals surface area (Å²) in [5, 5.41) is 1.97. The number of hydrogen-bond donors (Lipinski definition) is 0. The first-order chi connectivity index (χ1) is 14.4. The Labute approximate surface area is 180 Å². The smallest absolute Gasteiger partial charge is 0.338 e. The van der Waals surface area contributed by atoms with E-state index in [4.69, 9.17) is 4.74 Å². The molecule has 1 aliphatic heterocycles. The molecule has 0 fully saturated rings. The molecule has 0 amide bonds. The van der Waals surface area contributed by atoms with Gasteiger partial charge in [-0.1, -0.05) is 23.5 Å². The van der Waals surface area contributed by atoms with Crippen LogP contribution in [0.4, 0.5) is 4.39 Å². The van der Waals surface area contributed by atoms with Gasteiger partial charge in [0.1, 0.15) is 5.82 Å². The van der Waals surface area contributed by atoms with Crippen molar-refractivity contribution in [2.45, 2.75) is 26.8 Å². The van der Waals surface area contributed by atoms with Gasteiger partial charge in [0.25, 0.3) is 5.56 Å². The van der Waals surface area contributed by atoms with E-state index in [9.17, 15) is 14.0 Å². The first-order valence-corrected chi connectivity index (χ1v) is 11.1. The largest absolute Gasteiger partial charge is 0.463 e. The number of carbonyl (C=O) groups is 1. The number of thiophene rings is 1. The zero-order valence-corrected chi connectivity index (χ0v) is 18.3. The molecule has 0 bridgehead atoms. The molecule has 1 aromatic carbocycles. The van der Waals surface area contributed by atoms with Crippen LogP contribution in [0.3, 0.4) is 0 Å². The minimum atomic E-state index is -0.729. The lowest BCUT2D eigenvalue weighted by Crippen LogP contribution is -2.39. The molecule has 0 radical (unpaired) electrons. The van der Waals surface area contributed by atoms with Crippen LogP contribution in [-0.2, 0) is 9.53 Å². The van der Waals surface area contributed by atoms with E-state index in [2.05, 4.69) is 4.99 Å². The highest BCUT2D eigenvalue weighted by Crippen LogP contribution is 2.30. The number of fused-ring (bicyclic) bond motifs is 1. The summed E-state index contributed by atoms with van der Waals surface area (Å²) in [4.78, 5) is 32.2. The molecule has 0 unspecified atom stereocenters. The van der Waals surface area contributed by atoms with Gasteiger partial charge < -0.3 is 4.74 Å². The van der Waals surface area contributed by atoms with E-state index in [-0.39, 0.29) is 17.7 Å². The quantitative estimate of drug-likeness (QED) is 0.583. The van der Waals surface area contributed by atoms with Crippen molar-refractivity contribution in [2.75, 3.05) is 6.61 Å². The Kier molecular flexibility index (Phi) is 5.53. The van der Waals surface area contributed by atoms with Crippen molar-refractivity contribution in [1.29, 1.82) is 0 Å². The zero-order valence-electron chi connectivity index (χ0n) is 16.6. The van der Waals surface area contributed by atoms with Crippen molar-refractivity contribution in [1.82, 2.24) is 4.57 Å². The highest BCUT2D eigenvalue weighted by atomic mass is 32.1. The van der Waals surface area contributed by atoms with E-state index in [1.165, 1.54) is 28.0 Å². The highest BCUT2D eigenvalue weighted by Gasteiger charge is 2.33. The van der Waals surface area contributed by atoms with Crippen LogP contribution in [0.1, 0.15) is 35.9 Å². The van der Waals surface area contributed by atoms with E-state index >= 15 is 0 Å². The zero-order chi connectivity index (χ0) is 21.4. The van der Waals surface area contributed by atoms with E-state index in [0.717, 1.165) is 10.4 Å². The van der Waals surface area contributed by atoms with Crippen molar-refractivity contribution in [3.05, 3.63) is 88.5 Å². The normalized spacial score (nSPS) is 16.4. The average Bonchev–Trinajstić information content (AvgIpc) is 3.25. The first-order valence-electron chi connectivity index (χ1n) is 9.40. The van der Waals surface area contributed by atoms with Gasteiger partial charge in [0.05, 0.1) is 28.5 Å². The highest BCUT2D eigenvalue weighted by molar-refractivity contribution is 7.11. The summed E-state index contributed by atoms with van der Waals surface area (Å²) in [5.74, 6) is -0.922. The fourth-order valence-electron chi connectivity index (χ4n) is 3.40. The summed E-state index contributed by atoms with van der Waals surface area (Å²) in [6.07, 6.45) is 1.86. The van der Waals surface area contributed by atoms with E-state index in [1.807, 2.05) is 24.4 Å². The lowest BCUT2D eigenvalue weighted by atomic mass is 9.96. The number of aryl methyl sites for hydroxylation is 1. The third-order valence-electron chi connectivity index (χ3n) is 4.87. The van der Waals surface area contributed by atoms with Crippen molar-refractivity contribution in [3.8, 4) is 0 Å². The lowest BCUT2D eigenvalue weighted by Gasteiger charge is -2.24. The summed E-state index contributed by atoms with van der Waals surface area (Å²) < 4.78 is 20.8. The number of thiazole rings is 1. The van der Waals surface area contributed by atoms with Gasteiger partial charge in [-0.2, -0.15) is 0 Å². The maximum atomic E-state index is 13.5. The minimum Gasteiger partial charge on any atom is -0.463 e. The van der Waals surface area contributed by atoms with Crippen LogP contribution in [0.15, 0.2) is 56.8 Å². The molecular weight excluding hydrogens is 423 g/mol. The molecule has 0 spiro atoms. The number of rotatable bonds is 4. The Morgan fingerprint density at radius 3 is 2.63 bits per heavy atom. The van der Waals surface area contributed by atoms with Gasteiger partial charge in [0.15, 0.2) is 4.80 Å². The molecule has 0 saturated heterocycles. The average molecular weight is 443 g/mol. The fourth-order valence-corrected chi connectivity index (χ4v) is 5.36. The second kappa shape index (κ2) is 8.12. The van der Waals surface area contributed by atoms with Gasteiger partial charge in [-0.3, -0.25) is 9.36 Å². The number of aromatic nitrogens is 1. The van der Waals surface area contributed by atoms with Gasteiger partial charge in [0.2, 0.25) is 0 Å². The molecule has 0 N–H and O–H groups in total. The van der Waals surface area contributed by atoms with Crippen molar-refractivity contribution >= 4 is 34.7 Å². The number of carbonyl (C=O) groups excluding carboxylic acids is 1. The van der Waals surface area contributed by atoms with Crippen molar-refractivity contribution < 1.29 is 13.9 Å². The predicted molar refractivity (Wildman–Crippen MR) is 116 cm³/mol. The Hall–Kier alpha value is -2.84. The standard InChI is InChI=1S/C22H19FN2O3S2/c1-4-28-21(27)18-13(3)24-22-25(19(18)14-5-7-15(23)8-6-14)20(26)17(30-22)11-16-12(2)9-10-29-16/h5-11,19H,4H2,1-3H3/b17-11-/t19-/m1/s1. The number of benzene rings is 1. The molecule has 1 atom stereocenters. The number of esters is 1. The second-order valence-electron chi connectivity index (χ2n) is 6.82. The molecular formula is C22H19FN2O3S2. The van der Waals surface area contributed by atoms with Crippen molar-refractivity contribution in [3.63, 3.8) is 0 Å². The first kappa shape index (κ1) is 20.4. The molecule has 8 heteroatoms. The molecule has 0 aliphatic carbocycles. The van der Waals surface area contributed by atoms with E-state index in [0.29, 0.717) is 20.6 Å². The molecule has 30 heavy (non-hydrogen) atoms. The van der Waals surface area contributed by atoms with Crippen LogP contribution in [0.5, 0.6) is 0 Å². The van der Waals surface area contributed by atoms with Crippen LogP contribution >= 0.6 is 22.7 Å². The number of allylic oxidation sites excluding steroid dienone is 1. The van der Waals surface area contributed by atoms with Gasteiger partial charge in [-0.25, -0.2) is 14.2 Å². The summed E-state index contributed by atoms with van der Waals surface area (Å²) in [7, 11) is 0. The number of ether oxygens (including phenoxy) is 1. The van der Waals surface area contributed by atoms with Crippen LogP contribution in [0.2, 0.25) is 0 Å². The van der Waals surface area contributed by atoms with Gasteiger partial charge in [0, 0.05) is 4.88 Å². The SMILES string of the molecule is CCOC(=O)C1=C(C)N=c2s/c(=C\c3sccc3C)c(=O)n2[C@@H]1c1ccc(F)cc1. The van der Waals surface area contributed by atoms with Crippen molar-refractivity contribution in [2.24, 2.45) is 4.99 Å². The Balaban J connectivity index is 1.97. The Bertz CT molecular complexity index is 1330. The minimum absolute atomic E-state index is 0.202. The number of nitrogens with zero attached hydrogens (tertiary/aromatic N) is 2. The van der Waals surface area contributed by atoms with Gasteiger partial charge in [-0.15, -0.1) is 11.3 Å². The number of halogens is 1. The molecule has 3 aromatic rings. The van der Waals surface area contributed by atoms with Crippen LogP contribution in [-0.4, -0.2) is 17.1 Å². The molecule has 2 aromatic heterocycles. The summed E-state index contributed by atoms with van der Waals surface area (Å²) in [5.41, 5.74) is 2.24. The van der Waals surface area contributed by atoms with Gasteiger partial charge >= 0.3 is 5.97 Å². The molecule has 154 valence electrons. The van der Waals surface area contributed by atoms with Gasteiger partial charge in [-0.05, 0) is 61.6 Å². The Morgan fingerprint density at radius 1 is 1.27 bits per heavy atom. The maximum absolute atomic E-state index is 13.5. The monoisotopic (exact) mass is 442 g/mol. The lowest BCUT2D eigenvalue weighted by molar-refractivity contribution is -0.139. The summed E-state index contributed by atoms with van der Waals surface area (Å²) in [6, 6.07) is 7.07. The summed E-state index contributed by atoms with van der Waals surface area (Å²) >= 11 is 2.83. The number of hydrogen-bond acceptors (Lipinski definition) is 6. The molecule has 4 rings (SSSR count). The Morgan fingerprint density at radius 2 is 2.00 bits per heavy atom. The molecule has 1 aliphatic rings. The third kappa shape index (κ3) is 3.57. The maximum Gasteiger partial charge on any atom is 0.338 e. The topological polar surface area (TPSA) is 60.7 Å². The second-order valence-corrected chi connectivity index (χ2v) is 8.78. The fraction of sp³-hybridized carbons (Fsp3) is 0.227. The molecule has 5 nitrogen and oxygen atoms in total.